The maximum absolute atomic E-state index is 14.2. The fourth-order valence-electron chi connectivity index (χ4n) is 7.23. The maximum atomic E-state index is 14.2. The van der Waals surface area contributed by atoms with Crippen molar-refractivity contribution in [2.45, 2.75) is 50.7 Å². The number of hydrogen-bond donors (Lipinski definition) is 0. The number of anilines is 2. The quantitative estimate of drug-likeness (QED) is 0.345. The van der Waals surface area contributed by atoms with E-state index in [-0.39, 0.29) is 43.3 Å². The van der Waals surface area contributed by atoms with Crippen LogP contribution in [0.25, 0.3) is 10.8 Å². The Morgan fingerprint density at radius 3 is 2.63 bits per heavy atom. The Hall–Kier alpha value is -4.74. The molecule has 3 aromatic rings. The minimum Gasteiger partial charge on any atom is -0.475 e. The summed E-state index contributed by atoms with van der Waals surface area (Å²) in [7, 11) is 1.65. The van der Waals surface area contributed by atoms with Gasteiger partial charge in [-0.1, -0.05) is 36.9 Å². The average Bonchev–Trinajstić information content (AvgIpc) is 3.32. The monoisotopic (exact) mass is 625 g/mol. The lowest BCUT2D eigenvalue weighted by Crippen LogP contribution is -2.55. The van der Waals surface area contributed by atoms with E-state index in [0.717, 1.165) is 22.3 Å². The summed E-state index contributed by atoms with van der Waals surface area (Å²) in [6.45, 7) is 7.65. The van der Waals surface area contributed by atoms with Gasteiger partial charge in [0, 0.05) is 55.3 Å². The lowest BCUT2D eigenvalue weighted by atomic mass is 9.95. The highest BCUT2D eigenvalue weighted by Gasteiger charge is 2.44. The number of fused-ring (bicyclic) bond motifs is 2. The van der Waals surface area contributed by atoms with Crippen LogP contribution >= 0.6 is 0 Å². The van der Waals surface area contributed by atoms with Crippen molar-refractivity contribution in [2.24, 2.45) is 0 Å². The van der Waals surface area contributed by atoms with Gasteiger partial charge in [-0.3, -0.25) is 9.69 Å². The molecule has 3 aliphatic heterocycles. The number of likely N-dealkylation sites (N-methyl/N-ethyl adjacent to an activating group) is 1. The minimum atomic E-state index is -2.80. The Morgan fingerprint density at radius 1 is 1.15 bits per heavy atom. The van der Waals surface area contributed by atoms with Gasteiger partial charge in [0.25, 0.3) is 5.92 Å². The van der Waals surface area contributed by atoms with Crippen molar-refractivity contribution in [1.29, 1.82) is 10.5 Å². The topological polar surface area (TPSA) is 99.7 Å². The van der Waals surface area contributed by atoms with Crippen molar-refractivity contribution in [3.8, 4) is 18.0 Å². The first-order valence-electron chi connectivity index (χ1n) is 15.6. The van der Waals surface area contributed by atoms with Crippen molar-refractivity contribution in [3.63, 3.8) is 0 Å². The lowest BCUT2D eigenvalue weighted by molar-refractivity contribution is -0.128. The maximum Gasteiger partial charge on any atom is 0.262 e. The molecule has 2 aromatic carbocycles. The number of alkyl halides is 2. The normalized spacial score (nSPS) is 21.0. The van der Waals surface area contributed by atoms with Crippen LogP contribution < -0.4 is 14.5 Å². The number of nitriles is 2. The number of piperazine rings is 1. The van der Waals surface area contributed by atoms with Gasteiger partial charge in [0.2, 0.25) is 11.8 Å². The number of nitrogens with zero attached hydrogens (tertiary/aromatic N) is 7. The third-order valence-electron chi connectivity index (χ3n) is 9.47. The smallest absolute Gasteiger partial charge is 0.262 e. The molecule has 2 atom stereocenters. The summed E-state index contributed by atoms with van der Waals surface area (Å²) in [5.74, 6) is -2.91. The number of pyridine rings is 1. The highest BCUT2D eigenvalue weighted by Crippen LogP contribution is 2.40. The van der Waals surface area contributed by atoms with Crippen LogP contribution in [-0.2, 0) is 17.8 Å². The van der Waals surface area contributed by atoms with E-state index in [0.29, 0.717) is 44.8 Å². The van der Waals surface area contributed by atoms with Crippen molar-refractivity contribution in [3.05, 3.63) is 71.4 Å². The molecule has 238 valence electrons. The Labute approximate surface area is 267 Å². The molecule has 11 heteroatoms. The molecule has 2 saturated heterocycles. The SMILES string of the molecule is C=CC(=O)N1CCN(c2c(C#N)c(OCC3CC(F)(F)CN3C)nc3c2CCN(c2cccc4cccc(C)c24)C3)CC1CC#N. The number of carbonyl (C=O) groups is 1. The van der Waals surface area contributed by atoms with Crippen molar-refractivity contribution in [1.82, 2.24) is 14.8 Å². The molecule has 1 amide bonds. The van der Waals surface area contributed by atoms with E-state index < -0.39 is 18.0 Å². The summed E-state index contributed by atoms with van der Waals surface area (Å²) >= 11 is 0. The van der Waals surface area contributed by atoms with E-state index in [2.05, 4.69) is 59.7 Å². The van der Waals surface area contributed by atoms with Crippen LogP contribution in [0.5, 0.6) is 5.88 Å². The molecule has 0 spiro atoms. The van der Waals surface area contributed by atoms with Crippen LogP contribution in [0.1, 0.15) is 35.2 Å². The van der Waals surface area contributed by atoms with Crippen LogP contribution in [0.4, 0.5) is 20.2 Å². The molecule has 6 rings (SSSR count). The number of hydrogen-bond acceptors (Lipinski definition) is 8. The first-order chi connectivity index (χ1) is 22.1. The summed E-state index contributed by atoms with van der Waals surface area (Å²) < 4.78 is 34.5. The number of amides is 1. The number of benzene rings is 2. The highest BCUT2D eigenvalue weighted by molar-refractivity contribution is 5.97. The number of rotatable bonds is 7. The number of aryl methyl sites for hydroxylation is 1. The van der Waals surface area contributed by atoms with Gasteiger partial charge in [-0.2, -0.15) is 10.5 Å². The number of halogens is 2. The van der Waals surface area contributed by atoms with Gasteiger partial charge in [0.1, 0.15) is 18.2 Å². The largest absolute Gasteiger partial charge is 0.475 e. The Balaban J connectivity index is 1.40. The molecule has 2 fully saturated rings. The standard InChI is InChI=1S/C35H37F2N7O2/c1-4-31(45)44-16-15-43(19-25(44)11-13-38)33-27-12-14-42(30-10-6-9-24-8-5-7-23(2)32(24)30)20-29(27)40-34(28(33)18-39)46-21-26-17-35(36,37)22-41(26)3/h4-10,25-26H,1,11-12,14-17,19-22H2,2-3H3. The summed E-state index contributed by atoms with van der Waals surface area (Å²) in [5, 5.41) is 22.4. The van der Waals surface area contributed by atoms with Crippen molar-refractivity contribution in [2.75, 3.05) is 56.2 Å². The van der Waals surface area contributed by atoms with Gasteiger partial charge < -0.3 is 19.4 Å². The molecule has 0 aliphatic carbocycles. The van der Waals surface area contributed by atoms with Crippen molar-refractivity contribution < 1.29 is 18.3 Å². The number of carbonyl (C=O) groups excluding carboxylic acids is 1. The summed E-state index contributed by atoms with van der Waals surface area (Å²) in [4.78, 5) is 25.1. The molecular formula is C35H37F2N7O2. The number of likely N-dealkylation sites (tertiary alicyclic amines) is 1. The first-order valence-corrected chi connectivity index (χ1v) is 15.6. The Kier molecular flexibility index (Phi) is 8.54. The number of aromatic nitrogens is 1. The third kappa shape index (κ3) is 5.83. The van der Waals surface area contributed by atoms with Gasteiger partial charge in [0.05, 0.1) is 43.0 Å². The Bertz CT molecular complexity index is 1760. The minimum absolute atomic E-state index is 0.0309. The second-order valence-electron chi connectivity index (χ2n) is 12.4. The molecule has 0 bridgehead atoms. The summed E-state index contributed by atoms with van der Waals surface area (Å²) in [6.07, 6.45) is 1.67. The Morgan fingerprint density at radius 2 is 1.93 bits per heavy atom. The predicted molar refractivity (Wildman–Crippen MR) is 172 cm³/mol. The van der Waals surface area contributed by atoms with Gasteiger partial charge in [0.15, 0.2) is 0 Å². The van der Waals surface area contributed by atoms with Gasteiger partial charge in [-0.05, 0) is 43.5 Å². The highest BCUT2D eigenvalue weighted by atomic mass is 19.3. The van der Waals surface area contributed by atoms with Crippen molar-refractivity contribution >= 4 is 28.1 Å². The molecule has 4 heterocycles. The van der Waals surface area contributed by atoms with Gasteiger partial charge in [-0.15, -0.1) is 0 Å². The van der Waals surface area contributed by atoms with E-state index >= 15 is 0 Å². The summed E-state index contributed by atoms with van der Waals surface area (Å²) in [5.41, 5.74) is 4.89. The van der Waals surface area contributed by atoms with Gasteiger partial charge in [-0.25, -0.2) is 13.8 Å². The fourth-order valence-corrected chi connectivity index (χ4v) is 7.23. The molecule has 1 aromatic heterocycles. The second kappa shape index (κ2) is 12.6. The zero-order valence-corrected chi connectivity index (χ0v) is 26.2. The van der Waals surface area contributed by atoms with Crippen LogP contribution in [0, 0.1) is 29.6 Å². The van der Waals surface area contributed by atoms with Crippen LogP contribution in [0.3, 0.4) is 0 Å². The van der Waals surface area contributed by atoms with E-state index in [1.807, 2.05) is 12.1 Å². The lowest BCUT2D eigenvalue weighted by Gasteiger charge is -2.43. The van der Waals surface area contributed by atoms with E-state index in [9.17, 15) is 24.1 Å². The third-order valence-corrected chi connectivity index (χ3v) is 9.47. The second-order valence-corrected chi connectivity index (χ2v) is 12.4. The zero-order valence-electron chi connectivity index (χ0n) is 26.2. The molecule has 0 radical (unpaired) electrons. The predicted octanol–water partition coefficient (Wildman–Crippen LogP) is 4.81. The molecule has 0 saturated carbocycles. The van der Waals surface area contributed by atoms with Crippen LogP contribution in [-0.4, -0.2) is 85.1 Å². The zero-order chi connectivity index (χ0) is 32.6. The summed E-state index contributed by atoms with van der Waals surface area (Å²) in [6, 6.07) is 16.1. The molecule has 3 aliphatic rings. The molecule has 2 unspecified atom stereocenters. The first kappa shape index (κ1) is 31.3. The van der Waals surface area contributed by atoms with E-state index in [4.69, 9.17) is 9.72 Å². The number of ether oxygens (including phenoxy) is 1. The molecule has 46 heavy (non-hydrogen) atoms. The molecular weight excluding hydrogens is 588 g/mol. The van der Waals surface area contributed by atoms with Crippen LogP contribution in [0.15, 0.2) is 49.1 Å². The average molecular weight is 626 g/mol. The van der Waals surface area contributed by atoms with E-state index in [1.165, 1.54) is 17.0 Å². The van der Waals surface area contributed by atoms with Crippen LogP contribution in [0.2, 0.25) is 0 Å². The fraction of sp³-hybridized carbons (Fsp3) is 0.429. The van der Waals surface area contributed by atoms with E-state index in [1.54, 1.807) is 16.8 Å². The molecule has 0 N–H and O–H groups in total. The molecule has 9 nitrogen and oxygen atoms in total. The van der Waals surface area contributed by atoms with Gasteiger partial charge >= 0.3 is 0 Å².